The smallest absolute Gasteiger partial charge is 0.310 e. The zero-order valence-corrected chi connectivity index (χ0v) is 13.7. The van der Waals surface area contributed by atoms with Gasteiger partial charge in [0.1, 0.15) is 0 Å². The highest BCUT2D eigenvalue weighted by Crippen LogP contribution is 2.32. The van der Waals surface area contributed by atoms with Crippen molar-refractivity contribution in [3.05, 3.63) is 0 Å². The molecule has 0 aromatic carbocycles. The highest BCUT2D eigenvalue weighted by atomic mass is 16.4. The summed E-state index contributed by atoms with van der Waals surface area (Å²) >= 11 is 0. The molecule has 0 unspecified atom stereocenters. The maximum Gasteiger partial charge on any atom is 0.310 e. The number of hydrogen-bond acceptors (Lipinski definition) is 2. The second-order valence-electron chi connectivity index (χ2n) is 5.86. The molecule has 1 N–H and O–H groups in total. The molecule has 1 amide bonds. The molecule has 0 heterocycles. The molecule has 0 aliphatic carbocycles. The number of carbonyl (C=O) groups excluding carboxylic acids is 1. The Balaban J connectivity index is 4.85. The van der Waals surface area contributed by atoms with Crippen molar-refractivity contribution in [1.82, 2.24) is 4.90 Å². The molecule has 0 aromatic rings. The van der Waals surface area contributed by atoms with Gasteiger partial charge < -0.3 is 10.0 Å². The highest BCUT2D eigenvalue weighted by Gasteiger charge is 2.38. The molecule has 4 nitrogen and oxygen atoms in total. The van der Waals surface area contributed by atoms with Gasteiger partial charge in [0.2, 0.25) is 5.91 Å². The summed E-state index contributed by atoms with van der Waals surface area (Å²) in [6.45, 7) is 10.5. The average Bonchev–Trinajstić information content (AvgIpc) is 2.40. The molecule has 0 aromatic heterocycles. The first-order valence-corrected chi connectivity index (χ1v) is 7.87. The zero-order chi connectivity index (χ0) is 15.8. The van der Waals surface area contributed by atoms with E-state index >= 15 is 0 Å². The number of carboxylic acids is 1. The van der Waals surface area contributed by atoms with Crippen LogP contribution in [0.25, 0.3) is 0 Å². The summed E-state index contributed by atoms with van der Waals surface area (Å²) in [6, 6.07) is 0.125. The van der Waals surface area contributed by atoms with E-state index in [2.05, 4.69) is 6.92 Å². The van der Waals surface area contributed by atoms with Crippen LogP contribution < -0.4 is 0 Å². The highest BCUT2D eigenvalue weighted by molar-refractivity contribution is 5.85. The summed E-state index contributed by atoms with van der Waals surface area (Å²) in [4.78, 5) is 25.8. The molecular formula is C16H31NO3. The van der Waals surface area contributed by atoms with E-state index in [1.807, 2.05) is 32.6 Å². The molecule has 0 bridgehead atoms. The zero-order valence-electron chi connectivity index (χ0n) is 13.7. The predicted molar refractivity (Wildman–Crippen MR) is 81.6 cm³/mol. The largest absolute Gasteiger partial charge is 0.481 e. The van der Waals surface area contributed by atoms with Crippen LogP contribution in [0.5, 0.6) is 0 Å². The Morgan fingerprint density at radius 1 is 1.10 bits per heavy atom. The second kappa shape index (κ2) is 8.98. The molecule has 0 saturated heterocycles. The van der Waals surface area contributed by atoms with E-state index in [9.17, 15) is 14.7 Å². The summed E-state index contributed by atoms with van der Waals surface area (Å²) in [7, 11) is 0. The first-order chi connectivity index (χ1) is 9.34. The van der Waals surface area contributed by atoms with Crippen LogP contribution >= 0.6 is 0 Å². The van der Waals surface area contributed by atoms with Crippen molar-refractivity contribution in [3.8, 4) is 0 Å². The van der Waals surface area contributed by atoms with Crippen LogP contribution in [0.4, 0.5) is 0 Å². The molecule has 0 spiro atoms. The molecule has 0 radical (unpaired) electrons. The SMILES string of the molecule is CCCCCN(C(=O)CC(CC)(CC)C(=O)O)C(C)C. The number of nitrogens with zero attached hydrogens (tertiary/aromatic N) is 1. The summed E-state index contributed by atoms with van der Waals surface area (Å²) in [5, 5.41) is 9.44. The van der Waals surface area contributed by atoms with Crippen molar-refractivity contribution in [2.24, 2.45) is 5.41 Å². The number of hydrogen-bond donors (Lipinski definition) is 1. The van der Waals surface area contributed by atoms with Crippen molar-refractivity contribution >= 4 is 11.9 Å². The minimum atomic E-state index is -0.908. The van der Waals surface area contributed by atoms with Gasteiger partial charge in [0.25, 0.3) is 0 Å². The molecule has 0 rings (SSSR count). The topological polar surface area (TPSA) is 57.6 Å². The summed E-state index contributed by atoms with van der Waals surface area (Å²) in [6.07, 6.45) is 4.29. The Morgan fingerprint density at radius 3 is 2.00 bits per heavy atom. The van der Waals surface area contributed by atoms with Crippen LogP contribution in [0.1, 0.15) is 73.1 Å². The normalized spacial score (nSPS) is 11.7. The lowest BCUT2D eigenvalue weighted by molar-refractivity contribution is -0.154. The third-order valence-electron chi connectivity index (χ3n) is 4.24. The number of carbonyl (C=O) groups is 2. The molecule has 4 heteroatoms. The number of carboxylic acid groups (broad SMARTS) is 1. The van der Waals surface area contributed by atoms with Crippen LogP contribution in [-0.4, -0.2) is 34.5 Å². The van der Waals surface area contributed by atoms with Gasteiger partial charge in [-0.1, -0.05) is 33.6 Å². The Labute approximate surface area is 123 Å². The molecule has 0 aliphatic rings. The third-order valence-corrected chi connectivity index (χ3v) is 4.24. The number of amides is 1. The van der Waals surface area contributed by atoms with Gasteiger partial charge in [-0.2, -0.15) is 0 Å². The number of unbranched alkanes of at least 4 members (excludes halogenated alkanes) is 2. The van der Waals surface area contributed by atoms with Gasteiger partial charge in [-0.05, 0) is 33.1 Å². The van der Waals surface area contributed by atoms with E-state index in [0.29, 0.717) is 12.8 Å². The van der Waals surface area contributed by atoms with Crippen LogP contribution in [0, 0.1) is 5.41 Å². The van der Waals surface area contributed by atoms with Crippen LogP contribution in [-0.2, 0) is 9.59 Å². The first kappa shape index (κ1) is 18.9. The lowest BCUT2D eigenvalue weighted by Crippen LogP contribution is -2.42. The molecule has 0 saturated carbocycles. The second-order valence-corrected chi connectivity index (χ2v) is 5.86. The van der Waals surface area contributed by atoms with Gasteiger partial charge in [-0.25, -0.2) is 0 Å². The molecule has 0 fully saturated rings. The Kier molecular flexibility index (Phi) is 8.51. The van der Waals surface area contributed by atoms with Crippen molar-refractivity contribution in [3.63, 3.8) is 0 Å². The maximum atomic E-state index is 12.5. The molecule has 20 heavy (non-hydrogen) atoms. The van der Waals surface area contributed by atoms with Gasteiger partial charge in [0.05, 0.1) is 5.41 Å². The minimum Gasteiger partial charge on any atom is -0.481 e. The van der Waals surface area contributed by atoms with Gasteiger partial charge in [0.15, 0.2) is 0 Å². The van der Waals surface area contributed by atoms with E-state index in [1.165, 1.54) is 0 Å². The summed E-state index contributed by atoms with van der Waals surface area (Å²) in [5.74, 6) is -0.879. The molecule has 0 atom stereocenters. The monoisotopic (exact) mass is 285 g/mol. The van der Waals surface area contributed by atoms with E-state index in [-0.39, 0.29) is 18.4 Å². The Bertz CT molecular complexity index is 309. The first-order valence-electron chi connectivity index (χ1n) is 7.87. The van der Waals surface area contributed by atoms with E-state index < -0.39 is 11.4 Å². The lowest BCUT2D eigenvalue weighted by Gasteiger charge is -2.32. The van der Waals surface area contributed by atoms with Crippen LogP contribution in [0.15, 0.2) is 0 Å². The van der Waals surface area contributed by atoms with Gasteiger partial charge in [0, 0.05) is 19.0 Å². The average molecular weight is 285 g/mol. The van der Waals surface area contributed by atoms with Crippen molar-refractivity contribution in [2.75, 3.05) is 6.54 Å². The lowest BCUT2D eigenvalue weighted by atomic mass is 9.79. The van der Waals surface area contributed by atoms with Crippen LogP contribution in [0.3, 0.4) is 0 Å². The standard InChI is InChI=1S/C16H31NO3/c1-6-9-10-11-17(13(4)5)14(18)12-16(7-2,8-3)15(19)20/h13H,6-12H2,1-5H3,(H,19,20). The number of rotatable bonds is 10. The van der Waals surface area contributed by atoms with Gasteiger partial charge in [-0.3, -0.25) is 9.59 Å². The predicted octanol–water partition coefficient (Wildman–Crippen LogP) is 3.69. The molecular weight excluding hydrogens is 254 g/mol. The van der Waals surface area contributed by atoms with Crippen molar-refractivity contribution < 1.29 is 14.7 Å². The fourth-order valence-electron chi connectivity index (χ4n) is 2.47. The Morgan fingerprint density at radius 2 is 1.65 bits per heavy atom. The quantitative estimate of drug-likeness (QED) is 0.623. The summed E-state index contributed by atoms with van der Waals surface area (Å²) in [5.41, 5.74) is -0.908. The van der Waals surface area contributed by atoms with Crippen molar-refractivity contribution in [2.45, 2.75) is 79.2 Å². The van der Waals surface area contributed by atoms with Gasteiger partial charge >= 0.3 is 5.97 Å². The van der Waals surface area contributed by atoms with Gasteiger partial charge in [-0.15, -0.1) is 0 Å². The van der Waals surface area contributed by atoms with E-state index in [4.69, 9.17) is 0 Å². The fraction of sp³-hybridized carbons (Fsp3) is 0.875. The minimum absolute atomic E-state index is 0.0257. The summed E-state index contributed by atoms with van der Waals surface area (Å²) < 4.78 is 0. The van der Waals surface area contributed by atoms with Crippen molar-refractivity contribution in [1.29, 1.82) is 0 Å². The van der Waals surface area contributed by atoms with E-state index in [0.717, 1.165) is 25.8 Å². The Hall–Kier alpha value is -1.06. The third kappa shape index (κ3) is 5.14. The number of aliphatic carboxylic acids is 1. The van der Waals surface area contributed by atoms with Crippen LogP contribution in [0.2, 0.25) is 0 Å². The van der Waals surface area contributed by atoms with E-state index in [1.54, 1.807) is 0 Å². The molecule has 118 valence electrons. The molecule has 0 aliphatic heterocycles. The fourth-order valence-corrected chi connectivity index (χ4v) is 2.47. The maximum absolute atomic E-state index is 12.5.